The van der Waals surface area contributed by atoms with Crippen LogP contribution in [0.2, 0.25) is 0 Å². The van der Waals surface area contributed by atoms with Crippen LogP contribution in [0.3, 0.4) is 0 Å². The molecule has 31 heavy (non-hydrogen) atoms. The third kappa shape index (κ3) is 14.5. The molecule has 0 fully saturated rings. The summed E-state index contributed by atoms with van der Waals surface area (Å²) in [6, 6.07) is 3.79. The molecule has 1 rings (SSSR count). The molecule has 2 N–H and O–H groups in total. The van der Waals surface area contributed by atoms with Gasteiger partial charge in [0, 0.05) is 6.42 Å². The first-order valence-electron chi connectivity index (χ1n) is 12.6. The summed E-state index contributed by atoms with van der Waals surface area (Å²) in [5.41, 5.74) is 0.735. The van der Waals surface area contributed by atoms with Gasteiger partial charge in [-0.15, -0.1) is 0 Å². The summed E-state index contributed by atoms with van der Waals surface area (Å²) in [7, 11) is 1.92. The molecule has 180 valence electrons. The zero-order valence-electron chi connectivity index (χ0n) is 20.1. The van der Waals surface area contributed by atoms with Crippen molar-refractivity contribution in [2.75, 3.05) is 18.5 Å². The molecule has 1 aromatic rings. The monoisotopic (exact) mass is 454 g/mol. The molecule has 4 nitrogen and oxygen atoms in total. The minimum Gasteiger partial charge on any atom is -1.00 e. The van der Waals surface area contributed by atoms with Crippen molar-refractivity contribution >= 4 is 11.6 Å². The number of aliphatic hydroxyl groups excluding tert-OH is 1. The van der Waals surface area contributed by atoms with Crippen LogP contribution in [-0.2, 0) is 7.05 Å². The fraction of sp³-hybridized carbons (Fsp3) is 0.769. The first-order valence-corrected chi connectivity index (χ1v) is 12.6. The number of rotatable bonds is 20. The third-order valence-corrected chi connectivity index (χ3v) is 5.89. The molecule has 0 spiro atoms. The molecule has 0 aromatic carbocycles. The van der Waals surface area contributed by atoms with E-state index >= 15 is 0 Å². The lowest BCUT2D eigenvalue weighted by Crippen LogP contribution is -3.00. The van der Waals surface area contributed by atoms with Gasteiger partial charge in [0.25, 0.3) is 5.82 Å². The Labute approximate surface area is 197 Å². The first-order chi connectivity index (χ1) is 14.7. The number of pyridine rings is 1. The first kappa shape index (κ1) is 29.9. The van der Waals surface area contributed by atoms with Crippen molar-refractivity contribution in [2.24, 2.45) is 7.05 Å². The standard InChI is InChI=1S/C26H46N2O2.ClH/c1-3-4-5-6-7-8-9-10-11-12-13-14-15-16-17-20-25(30)24-19-18-22-28(2)26(24)27-21-23-29;/h18-19,22,29H,3-17,20-21,23H2,1-2H3;1H. The van der Waals surface area contributed by atoms with Crippen molar-refractivity contribution in [3.8, 4) is 0 Å². The fourth-order valence-electron chi connectivity index (χ4n) is 4.02. The van der Waals surface area contributed by atoms with Gasteiger partial charge in [0.15, 0.2) is 5.78 Å². The number of hydrogen-bond donors (Lipinski definition) is 2. The van der Waals surface area contributed by atoms with E-state index in [-0.39, 0.29) is 24.8 Å². The average molecular weight is 455 g/mol. The molecule has 0 amide bonds. The maximum Gasteiger partial charge on any atom is 0.285 e. The van der Waals surface area contributed by atoms with Gasteiger partial charge < -0.3 is 17.5 Å². The van der Waals surface area contributed by atoms with Crippen molar-refractivity contribution in [3.05, 3.63) is 23.9 Å². The number of Topliss-reactive ketones (excluding diaryl/α,β-unsaturated/α-hetero) is 1. The largest absolute Gasteiger partial charge is 1.00 e. The Hall–Kier alpha value is -1.13. The van der Waals surface area contributed by atoms with Crippen molar-refractivity contribution < 1.29 is 26.9 Å². The summed E-state index contributed by atoms with van der Waals surface area (Å²) >= 11 is 0. The summed E-state index contributed by atoms with van der Waals surface area (Å²) in [5, 5.41) is 12.2. The summed E-state index contributed by atoms with van der Waals surface area (Å²) in [6.45, 7) is 2.79. The van der Waals surface area contributed by atoms with Crippen LogP contribution in [0.15, 0.2) is 18.3 Å². The van der Waals surface area contributed by atoms with E-state index < -0.39 is 0 Å². The van der Waals surface area contributed by atoms with E-state index in [1.165, 1.54) is 83.5 Å². The molecule has 0 aliphatic heterocycles. The summed E-state index contributed by atoms with van der Waals surface area (Å²) in [4.78, 5) is 12.6. The quantitative estimate of drug-likeness (QED) is 0.180. The lowest BCUT2D eigenvalue weighted by atomic mass is 10.0. The molecule has 0 atom stereocenters. The van der Waals surface area contributed by atoms with Crippen molar-refractivity contribution in [3.63, 3.8) is 0 Å². The number of carbonyl (C=O) groups excluding carboxylic acids is 1. The van der Waals surface area contributed by atoms with Gasteiger partial charge in [0.2, 0.25) is 0 Å². The highest BCUT2D eigenvalue weighted by Crippen LogP contribution is 2.16. The Morgan fingerprint density at radius 2 is 1.35 bits per heavy atom. The number of nitrogens with zero attached hydrogens (tertiary/aromatic N) is 1. The Balaban J connectivity index is 0.00000900. The number of nitrogens with one attached hydrogen (secondary N) is 1. The van der Waals surface area contributed by atoms with Gasteiger partial charge >= 0.3 is 0 Å². The molecule has 0 aliphatic rings. The van der Waals surface area contributed by atoms with Gasteiger partial charge in [-0.2, -0.15) is 0 Å². The number of anilines is 1. The number of hydrogen-bond acceptors (Lipinski definition) is 3. The Bertz CT molecular complexity index is 566. The molecule has 0 bridgehead atoms. The van der Waals surface area contributed by atoms with E-state index in [0.717, 1.165) is 24.2 Å². The van der Waals surface area contributed by atoms with Gasteiger partial charge in [-0.1, -0.05) is 96.8 Å². The predicted molar refractivity (Wildman–Crippen MR) is 127 cm³/mol. The summed E-state index contributed by atoms with van der Waals surface area (Å²) in [5.74, 6) is 0.999. The maximum atomic E-state index is 12.6. The minimum atomic E-state index is 0. The van der Waals surface area contributed by atoms with Crippen molar-refractivity contribution in [1.82, 2.24) is 0 Å². The highest BCUT2D eigenvalue weighted by atomic mass is 35.5. The molecule has 1 aromatic heterocycles. The molecule has 0 aliphatic carbocycles. The molecule has 0 saturated heterocycles. The predicted octanol–water partition coefficient (Wildman–Crippen LogP) is 3.36. The summed E-state index contributed by atoms with van der Waals surface area (Å²) in [6.07, 6.45) is 22.6. The smallest absolute Gasteiger partial charge is 0.285 e. The third-order valence-electron chi connectivity index (χ3n) is 5.89. The van der Waals surface area contributed by atoms with Crippen LogP contribution in [0.1, 0.15) is 120 Å². The van der Waals surface area contributed by atoms with E-state index in [1.807, 2.05) is 29.9 Å². The van der Waals surface area contributed by atoms with Crippen LogP contribution in [0.5, 0.6) is 0 Å². The summed E-state index contributed by atoms with van der Waals surface area (Å²) < 4.78 is 1.91. The Kier molecular flexibility index (Phi) is 20.0. The minimum absolute atomic E-state index is 0. The van der Waals surface area contributed by atoms with E-state index in [1.54, 1.807) is 0 Å². The normalized spacial score (nSPS) is 10.7. The molecule has 0 unspecified atom stereocenters. The second-order valence-electron chi connectivity index (χ2n) is 8.65. The maximum absolute atomic E-state index is 12.6. The SMILES string of the molecule is CCCCCCCCCCCCCCCCCC(=O)c1ccc[n+](C)c1NCCO.[Cl-]. The van der Waals surface area contributed by atoms with Crippen molar-refractivity contribution in [1.29, 1.82) is 0 Å². The number of unbranched alkanes of at least 4 members (excludes halogenated alkanes) is 14. The van der Waals surface area contributed by atoms with Gasteiger partial charge in [-0.3, -0.25) is 10.1 Å². The van der Waals surface area contributed by atoms with Crippen molar-refractivity contribution in [2.45, 2.75) is 110 Å². The number of ketones is 1. The van der Waals surface area contributed by atoms with Crippen LogP contribution in [0.4, 0.5) is 5.82 Å². The number of carbonyl (C=O) groups is 1. The highest BCUT2D eigenvalue weighted by Gasteiger charge is 2.18. The van der Waals surface area contributed by atoms with Gasteiger partial charge in [0.05, 0.1) is 19.9 Å². The van der Waals surface area contributed by atoms with Crippen LogP contribution >= 0.6 is 0 Å². The van der Waals surface area contributed by atoms with E-state index in [2.05, 4.69) is 12.2 Å². The molecule has 0 radical (unpaired) electrons. The lowest BCUT2D eigenvalue weighted by Gasteiger charge is -2.08. The van der Waals surface area contributed by atoms with Gasteiger partial charge in [0.1, 0.15) is 12.1 Å². The van der Waals surface area contributed by atoms with Gasteiger partial charge in [-0.05, 0) is 18.6 Å². The molecular weight excluding hydrogens is 408 g/mol. The molecule has 0 saturated carbocycles. The molecule has 1 heterocycles. The van der Waals surface area contributed by atoms with Crippen LogP contribution in [0.25, 0.3) is 0 Å². The topological polar surface area (TPSA) is 53.2 Å². The highest BCUT2D eigenvalue weighted by molar-refractivity contribution is 5.99. The Morgan fingerprint density at radius 1 is 0.871 bits per heavy atom. The number of aliphatic hydroxyl groups is 1. The lowest BCUT2D eigenvalue weighted by molar-refractivity contribution is -0.657. The van der Waals surface area contributed by atoms with E-state index in [0.29, 0.717) is 13.0 Å². The zero-order valence-corrected chi connectivity index (χ0v) is 20.9. The van der Waals surface area contributed by atoms with Crippen LogP contribution < -0.4 is 22.3 Å². The van der Waals surface area contributed by atoms with Crippen LogP contribution in [0, 0.1) is 0 Å². The molecule has 5 heteroatoms. The number of halogens is 1. The second kappa shape index (κ2) is 20.8. The van der Waals surface area contributed by atoms with E-state index in [4.69, 9.17) is 5.11 Å². The number of aromatic nitrogens is 1. The second-order valence-corrected chi connectivity index (χ2v) is 8.65. The molecular formula is C26H47ClN2O2. The van der Waals surface area contributed by atoms with Crippen LogP contribution in [-0.4, -0.2) is 24.0 Å². The number of aryl methyl sites for hydroxylation is 1. The zero-order chi connectivity index (χ0) is 21.9. The van der Waals surface area contributed by atoms with Gasteiger partial charge in [-0.25, -0.2) is 4.57 Å². The van der Waals surface area contributed by atoms with E-state index in [9.17, 15) is 4.79 Å². The fourth-order valence-corrected chi connectivity index (χ4v) is 4.02. The average Bonchev–Trinajstić information content (AvgIpc) is 2.75. The Morgan fingerprint density at radius 3 is 1.84 bits per heavy atom.